The molecule has 2 heterocycles. The van der Waals surface area contributed by atoms with Crippen LogP contribution in [0.15, 0.2) is 29.8 Å². The number of hydrogen-bond acceptors (Lipinski definition) is 6. The Balaban J connectivity index is 1.99. The van der Waals surface area contributed by atoms with E-state index in [1.54, 1.807) is 17.5 Å². The summed E-state index contributed by atoms with van der Waals surface area (Å²) in [6.07, 6.45) is 1.76. The summed E-state index contributed by atoms with van der Waals surface area (Å²) in [6.45, 7) is 5.95. The topological polar surface area (TPSA) is 55.3 Å². The van der Waals surface area contributed by atoms with Gasteiger partial charge < -0.3 is 4.74 Å². The van der Waals surface area contributed by atoms with Crippen LogP contribution in [0.25, 0.3) is 10.7 Å². The Morgan fingerprint density at radius 1 is 1.38 bits per heavy atom. The molecule has 0 aliphatic rings. The summed E-state index contributed by atoms with van der Waals surface area (Å²) in [5, 5.41) is 2.91. The van der Waals surface area contributed by atoms with Crippen molar-refractivity contribution in [3.63, 3.8) is 0 Å². The van der Waals surface area contributed by atoms with Gasteiger partial charge >= 0.3 is 5.97 Å². The van der Waals surface area contributed by atoms with Gasteiger partial charge in [0.25, 0.3) is 0 Å². The van der Waals surface area contributed by atoms with Crippen LogP contribution in [-0.2, 0) is 16.1 Å². The third-order valence-corrected chi connectivity index (χ3v) is 3.84. The summed E-state index contributed by atoms with van der Waals surface area (Å²) in [5.41, 5.74) is 1.83. The molecular formula is C15H19N3O2S. The van der Waals surface area contributed by atoms with Gasteiger partial charge in [0.1, 0.15) is 5.01 Å². The van der Waals surface area contributed by atoms with Crippen LogP contribution in [0.3, 0.4) is 0 Å². The first-order chi connectivity index (χ1) is 10.2. The number of aromatic nitrogens is 2. The molecule has 2 aromatic heterocycles. The van der Waals surface area contributed by atoms with Gasteiger partial charge in [-0.25, -0.2) is 4.98 Å². The van der Waals surface area contributed by atoms with E-state index in [0.717, 1.165) is 22.9 Å². The van der Waals surface area contributed by atoms with E-state index in [2.05, 4.69) is 9.97 Å². The number of ether oxygens (including phenoxy) is 1. The number of rotatable bonds is 7. The zero-order valence-electron chi connectivity index (χ0n) is 12.3. The summed E-state index contributed by atoms with van der Waals surface area (Å²) < 4.78 is 4.98. The van der Waals surface area contributed by atoms with Gasteiger partial charge in [-0.3, -0.25) is 14.7 Å². The van der Waals surface area contributed by atoms with Gasteiger partial charge in [0.15, 0.2) is 0 Å². The van der Waals surface area contributed by atoms with Crippen molar-refractivity contribution >= 4 is 17.3 Å². The molecule has 0 radical (unpaired) electrons. The molecule has 5 nitrogen and oxygen atoms in total. The smallest absolute Gasteiger partial charge is 0.320 e. The lowest BCUT2D eigenvalue weighted by Gasteiger charge is -2.17. The largest absolute Gasteiger partial charge is 0.465 e. The van der Waals surface area contributed by atoms with Crippen LogP contribution >= 0.6 is 11.3 Å². The maximum Gasteiger partial charge on any atom is 0.320 e. The van der Waals surface area contributed by atoms with Crippen LogP contribution in [0, 0.1) is 0 Å². The first-order valence-electron chi connectivity index (χ1n) is 6.96. The van der Waals surface area contributed by atoms with Gasteiger partial charge in [-0.1, -0.05) is 13.0 Å². The summed E-state index contributed by atoms with van der Waals surface area (Å²) in [4.78, 5) is 22.4. The van der Waals surface area contributed by atoms with Gasteiger partial charge in [-0.2, -0.15) is 0 Å². The molecule has 0 aliphatic carbocycles. The Kier molecular flexibility index (Phi) is 5.83. The minimum absolute atomic E-state index is 0.195. The lowest BCUT2D eigenvalue weighted by Crippen LogP contribution is -2.30. The predicted octanol–water partition coefficient (Wildman–Crippen LogP) is 2.59. The summed E-state index contributed by atoms with van der Waals surface area (Å²) >= 11 is 1.57. The van der Waals surface area contributed by atoms with Crippen molar-refractivity contribution in [3.8, 4) is 10.7 Å². The Hall–Kier alpha value is -1.79. The average molecular weight is 305 g/mol. The van der Waals surface area contributed by atoms with Crippen molar-refractivity contribution in [2.45, 2.75) is 20.4 Å². The first-order valence-corrected chi connectivity index (χ1v) is 7.84. The molecule has 112 valence electrons. The summed E-state index contributed by atoms with van der Waals surface area (Å²) in [5.74, 6) is -0.195. The SMILES string of the molecule is CCOC(=O)CN(CC)Cc1csc(-c2ccccn2)n1. The normalized spacial score (nSPS) is 10.8. The molecule has 0 amide bonds. The summed E-state index contributed by atoms with van der Waals surface area (Å²) in [7, 11) is 0. The highest BCUT2D eigenvalue weighted by atomic mass is 32.1. The molecule has 0 N–H and O–H groups in total. The monoisotopic (exact) mass is 305 g/mol. The fourth-order valence-corrected chi connectivity index (χ4v) is 2.67. The lowest BCUT2D eigenvalue weighted by molar-refractivity contribution is -0.144. The van der Waals surface area contributed by atoms with Crippen molar-refractivity contribution in [2.24, 2.45) is 0 Å². The molecule has 0 saturated heterocycles. The van der Waals surface area contributed by atoms with Crippen molar-refractivity contribution in [1.82, 2.24) is 14.9 Å². The standard InChI is InChI=1S/C15H19N3O2S/c1-3-18(10-14(19)20-4-2)9-12-11-21-15(17-12)13-7-5-6-8-16-13/h5-8,11H,3-4,9-10H2,1-2H3. The number of thiazole rings is 1. The van der Waals surface area contributed by atoms with E-state index >= 15 is 0 Å². The van der Waals surface area contributed by atoms with Crippen molar-refractivity contribution < 1.29 is 9.53 Å². The molecule has 0 aliphatic heterocycles. The van der Waals surface area contributed by atoms with Crippen molar-refractivity contribution in [1.29, 1.82) is 0 Å². The van der Waals surface area contributed by atoms with Gasteiger partial charge in [0.05, 0.1) is 24.5 Å². The van der Waals surface area contributed by atoms with Gasteiger partial charge in [-0.05, 0) is 25.6 Å². The molecule has 2 aromatic rings. The van der Waals surface area contributed by atoms with E-state index in [4.69, 9.17) is 4.74 Å². The molecule has 0 fully saturated rings. The highest BCUT2D eigenvalue weighted by Gasteiger charge is 2.13. The number of nitrogens with zero attached hydrogens (tertiary/aromatic N) is 3. The maximum atomic E-state index is 11.5. The highest BCUT2D eigenvalue weighted by molar-refractivity contribution is 7.13. The molecule has 0 aromatic carbocycles. The fraction of sp³-hybridized carbons (Fsp3) is 0.400. The number of esters is 1. The second kappa shape index (κ2) is 7.85. The molecule has 0 atom stereocenters. The van der Waals surface area contributed by atoms with Crippen LogP contribution in [-0.4, -0.2) is 40.5 Å². The number of carbonyl (C=O) groups excluding carboxylic acids is 1. The molecule has 0 bridgehead atoms. The van der Waals surface area contributed by atoms with Crippen molar-refractivity contribution in [2.75, 3.05) is 19.7 Å². The zero-order valence-corrected chi connectivity index (χ0v) is 13.1. The number of carbonyl (C=O) groups is 1. The van der Waals surface area contributed by atoms with E-state index in [1.165, 1.54) is 0 Å². The third-order valence-electron chi connectivity index (χ3n) is 2.93. The van der Waals surface area contributed by atoms with Gasteiger partial charge in [0.2, 0.25) is 0 Å². The number of pyridine rings is 1. The van der Waals surface area contributed by atoms with Crippen LogP contribution in [0.1, 0.15) is 19.5 Å². The minimum Gasteiger partial charge on any atom is -0.465 e. The number of hydrogen-bond donors (Lipinski definition) is 0. The molecular weight excluding hydrogens is 286 g/mol. The van der Waals surface area contributed by atoms with Crippen LogP contribution < -0.4 is 0 Å². The second-order valence-corrected chi connectivity index (χ2v) is 5.33. The van der Waals surface area contributed by atoms with Crippen LogP contribution in [0.2, 0.25) is 0 Å². The van der Waals surface area contributed by atoms with Crippen LogP contribution in [0.4, 0.5) is 0 Å². The van der Waals surface area contributed by atoms with E-state index in [0.29, 0.717) is 19.7 Å². The number of likely N-dealkylation sites (N-methyl/N-ethyl adjacent to an activating group) is 1. The van der Waals surface area contributed by atoms with Gasteiger partial charge in [0, 0.05) is 18.1 Å². The predicted molar refractivity (Wildman–Crippen MR) is 82.9 cm³/mol. The van der Waals surface area contributed by atoms with E-state index in [9.17, 15) is 4.79 Å². The van der Waals surface area contributed by atoms with E-state index in [-0.39, 0.29) is 5.97 Å². The lowest BCUT2D eigenvalue weighted by atomic mass is 10.3. The minimum atomic E-state index is -0.195. The zero-order chi connectivity index (χ0) is 15.1. The Morgan fingerprint density at radius 3 is 2.90 bits per heavy atom. The molecule has 0 saturated carbocycles. The summed E-state index contributed by atoms with van der Waals surface area (Å²) in [6, 6.07) is 5.78. The fourth-order valence-electron chi connectivity index (χ4n) is 1.88. The maximum absolute atomic E-state index is 11.5. The second-order valence-electron chi connectivity index (χ2n) is 4.47. The van der Waals surface area contributed by atoms with Gasteiger partial charge in [-0.15, -0.1) is 11.3 Å². The Labute approximate surface area is 128 Å². The Morgan fingerprint density at radius 2 is 2.24 bits per heavy atom. The average Bonchev–Trinajstić information content (AvgIpc) is 2.96. The Bertz CT molecular complexity index is 571. The van der Waals surface area contributed by atoms with Crippen LogP contribution in [0.5, 0.6) is 0 Å². The quantitative estimate of drug-likeness (QED) is 0.736. The van der Waals surface area contributed by atoms with E-state index in [1.807, 2.05) is 42.3 Å². The van der Waals surface area contributed by atoms with E-state index < -0.39 is 0 Å². The molecule has 21 heavy (non-hydrogen) atoms. The highest BCUT2D eigenvalue weighted by Crippen LogP contribution is 2.21. The molecule has 0 spiro atoms. The first kappa shape index (κ1) is 15.6. The molecule has 6 heteroatoms. The molecule has 0 unspecified atom stereocenters. The van der Waals surface area contributed by atoms with Crippen molar-refractivity contribution in [3.05, 3.63) is 35.5 Å². The molecule has 2 rings (SSSR count). The third kappa shape index (κ3) is 4.61.